The van der Waals surface area contributed by atoms with Crippen LogP contribution in [0, 0.1) is 0 Å². The molecule has 0 spiro atoms. The molecule has 2 aromatic heterocycles. The number of thiophene rings is 1. The van der Waals surface area contributed by atoms with Crippen LogP contribution >= 0.6 is 11.3 Å². The van der Waals surface area contributed by atoms with Crippen LogP contribution in [-0.4, -0.2) is 4.98 Å². The number of aromatic nitrogens is 1. The van der Waals surface area contributed by atoms with Gasteiger partial charge in [-0.3, -0.25) is 0 Å². The number of benzene rings is 6. The first-order valence-electron chi connectivity index (χ1n) is 12.3. The molecular weight excluding hydrogens is 454 g/mol. The predicted octanol–water partition coefficient (Wildman–Crippen LogP) is 10.2. The molecule has 0 unspecified atom stereocenters. The number of aromatic amines is 1. The Hall–Kier alpha value is -4.40. The highest BCUT2D eigenvalue weighted by atomic mass is 32.1. The zero-order valence-corrected chi connectivity index (χ0v) is 20.3. The van der Waals surface area contributed by atoms with Crippen LogP contribution in [0.2, 0.25) is 0 Å². The minimum Gasteiger partial charge on any atom is -0.355 e. The van der Waals surface area contributed by atoms with E-state index in [1.807, 2.05) is 11.3 Å². The summed E-state index contributed by atoms with van der Waals surface area (Å²) in [6, 6.07) is 44.3. The normalized spacial score (nSPS) is 11.9. The van der Waals surface area contributed by atoms with Gasteiger partial charge in [-0.25, -0.2) is 0 Å². The Bertz CT molecular complexity index is 2110. The summed E-state index contributed by atoms with van der Waals surface area (Å²) >= 11 is 1.89. The summed E-state index contributed by atoms with van der Waals surface area (Å²) in [4.78, 5) is 3.63. The summed E-state index contributed by atoms with van der Waals surface area (Å²) in [7, 11) is 0. The first-order valence-corrected chi connectivity index (χ1v) is 13.1. The summed E-state index contributed by atoms with van der Waals surface area (Å²) in [5, 5.41) is 7.75. The van der Waals surface area contributed by atoms with Crippen LogP contribution < -0.4 is 0 Å². The molecule has 168 valence electrons. The maximum Gasteiger partial charge on any atom is 0.0465 e. The van der Waals surface area contributed by atoms with Crippen molar-refractivity contribution in [3.05, 3.63) is 121 Å². The summed E-state index contributed by atoms with van der Waals surface area (Å²) < 4.78 is 2.70. The molecule has 0 aliphatic heterocycles. The molecule has 2 heteroatoms. The third kappa shape index (κ3) is 2.95. The van der Waals surface area contributed by atoms with E-state index in [1.165, 1.54) is 75.0 Å². The largest absolute Gasteiger partial charge is 0.355 e. The number of hydrogen-bond acceptors (Lipinski definition) is 1. The molecule has 0 fully saturated rings. The third-order valence-electron chi connectivity index (χ3n) is 7.40. The maximum atomic E-state index is 3.63. The standard InChI is InChI=1S/C34H21NS/c1-2-7-22-18-23(13-12-21(22)6-1)24-14-16-31-29(19-24)30-20-25(15-17-32(30)35-31)26-9-5-10-28-27-8-3-4-11-33(27)36-34(26)28/h1-20,35H. The quantitative estimate of drug-likeness (QED) is 0.256. The molecule has 2 heterocycles. The van der Waals surface area contributed by atoms with Gasteiger partial charge in [0.25, 0.3) is 0 Å². The Kier molecular flexibility index (Phi) is 4.16. The highest BCUT2D eigenvalue weighted by molar-refractivity contribution is 7.26. The van der Waals surface area contributed by atoms with E-state index in [4.69, 9.17) is 0 Å². The van der Waals surface area contributed by atoms with Crippen LogP contribution in [0.5, 0.6) is 0 Å². The molecular formula is C34H21NS. The Morgan fingerprint density at radius 1 is 0.444 bits per heavy atom. The molecule has 36 heavy (non-hydrogen) atoms. The zero-order valence-electron chi connectivity index (χ0n) is 19.5. The molecule has 1 nitrogen and oxygen atoms in total. The predicted molar refractivity (Wildman–Crippen MR) is 157 cm³/mol. The van der Waals surface area contributed by atoms with Gasteiger partial charge in [-0.1, -0.05) is 84.9 Å². The monoisotopic (exact) mass is 475 g/mol. The number of nitrogens with one attached hydrogen (secondary N) is 1. The van der Waals surface area contributed by atoms with E-state index in [1.54, 1.807) is 0 Å². The molecule has 8 rings (SSSR count). The molecule has 0 saturated carbocycles. The second-order valence-corrected chi connectivity index (χ2v) is 10.5. The fourth-order valence-corrected chi connectivity index (χ4v) is 6.83. The lowest BCUT2D eigenvalue weighted by molar-refractivity contribution is 1.54. The van der Waals surface area contributed by atoms with Gasteiger partial charge in [-0.2, -0.15) is 0 Å². The molecule has 1 N–H and O–H groups in total. The van der Waals surface area contributed by atoms with Crippen molar-refractivity contribution in [1.82, 2.24) is 4.98 Å². The number of fused-ring (bicyclic) bond motifs is 7. The van der Waals surface area contributed by atoms with Crippen LogP contribution in [-0.2, 0) is 0 Å². The van der Waals surface area contributed by atoms with Crippen LogP contribution in [0.1, 0.15) is 0 Å². The molecule has 0 bridgehead atoms. The van der Waals surface area contributed by atoms with Crippen molar-refractivity contribution in [1.29, 1.82) is 0 Å². The van der Waals surface area contributed by atoms with Crippen molar-refractivity contribution in [3.8, 4) is 22.3 Å². The summed E-state index contributed by atoms with van der Waals surface area (Å²) in [6.45, 7) is 0. The fourth-order valence-electron chi connectivity index (χ4n) is 5.59. The van der Waals surface area contributed by atoms with Gasteiger partial charge >= 0.3 is 0 Å². The molecule has 0 saturated heterocycles. The molecule has 0 atom stereocenters. The first-order chi connectivity index (χ1) is 17.8. The van der Waals surface area contributed by atoms with Gasteiger partial charge in [0, 0.05) is 42.0 Å². The lowest BCUT2D eigenvalue weighted by Crippen LogP contribution is -1.80. The smallest absolute Gasteiger partial charge is 0.0465 e. The van der Waals surface area contributed by atoms with Crippen LogP contribution in [0.15, 0.2) is 121 Å². The van der Waals surface area contributed by atoms with Gasteiger partial charge in [0.05, 0.1) is 0 Å². The van der Waals surface area contributed by atoms with Crippen molar-refractivity contribution in [2.45, 2.75) is 0 Å². The highest BCUT2D eigenvalue weighted by Crippen LogP contribution is 2.41. The zero-order chi connectivity index (χ0) is 23.6. The highest BCUT2D eigenvalue weighted by Gasteiger charge is 2.12. The van der Waals surface area contributed by atoms with Crippen molar-refractivity contribution >= 4 is 64.1 Å². The van der Waals surface area contributed by atoms with Crippen molar-refractivity contribution < 1.29 is 0 Å². The van der Waals surface area contributed by atoms with Gasteiger partial charge in [-0.15, -0.1) is 11.3 Å². The third-order valence-corrected chi connectivity index (χ3v) is 8.62. The van der Waals surface area contributed by atoms with E-state index in [0.717, 1.165) is 0 Å². The lowest BCUT2D eigenvalue weighted by Gasteiger charge is -2.06. The maximum absolute atomic E-state index is 3.63. The van der Waals surface area contributed by atoms with Crippen LogP contribution in [0.3, 0.4) is 0 Å². The van der Waals surface area contributed by atoms with E-state index in [2.05, 4.69) is 126 Å². The second kappa shape index (κ2) is 7.55. The molecule has 6 aromatic carbocycles. The van der Waals surface area contributed by atoms with Crippen molar-refractivity contribution in [2.75, 3.05) is 0 Å². The topological polar surface area (TPSA) is 15.8 Å². The summed E-state index contributed by atoms with van der Waals surface area (Å²) in [5.74, 6) is 0. The second-order valence-electron chi connectivity index (χ2n) is 9.49. The Balaban J connectivity index is 1.32. The van der Waals surface area contributed by atoms with Crippen molar-refractivity contribution in [2.24, 2.45) is 0 Å². The van der Waals surface area contributed by atoms with E-state index in [9.17, 15) is 0 Å². The Morgan fingerprint density at radius 3 is 2.00 bits per heavy atom. The number of rotatable bonds is 2. The molecule has 0 aliphatic rings. The Labute approximate surface area is 212 Å². The van der Waals surface area contributed by atoms with Gasteiger partial charge in [-0.05, 0) is 69.4 Å². The average molecular weight is 476 g/mol. The summed E-state index contributed by atoms with van der Waals surface area (Å²) in [6.07, 6.45) is 0. The number of hydrogen-bond donors (Lipinski definition) is 1. The summed E-state index contributed by atoms with van der Waals surface area (Å²) in [5.41, 5.74) is 7.40. The minimum absolute atomic E-state index is 1.17. The van der Waals surface area contributed by atoms with E-state index in [0.29, 0.717) is 0 Å². The van der Waals surface area contributed by atoms with Gasteiger partial charge < -0.3 is 4.98 Å². The number of H-pyrrole nitrogens is 1. The van der Waals surface area contributed by atoms with Gasteiger partial charge in [0.2, 0.25) is 0 Å². The van der Waals surface area contributed by atoms with Gasteiger partial charge in [0.1, 0.15) is 0 Å². The molecule has 8 aromatic rings. The van der Waals surface area contributed by atoms with E-state index < -0.39 is 0 Å². The molecule has 0 radical (unpaired) electrons. The fraction of sp³-hybridized carbons (Fsp3) is 0. The van der Waals surface area contributed by atoms with Crippen molar-refractivity contribution in [3.63, 3.8) is 0 Å². The Morgan fingerprint density at radius 2 is 1.11 bits per heavy atom. The SMILES string of the molecule is c1ccc2cc(-c3ccc4[nH]c5ccc(-c6cccc7c6sc6ccccc67)cc5c4c3)ccc2c1. The van der Waals surface area contributed by atoms with E-state index >= 15 is 0 Å². The molecule has 0 amide bonds. The minimum atomic E-state index is 1.17. The van der Waals surface area contributed by atoms with E-state index in [-0.39, 0.29) is 0 Å². The lowest BCUT2D eigenvalue weighted by atomic mass is 9.98. The van der Waals surface area contributed by atoms with Crippen LogP contribution in [0.25, 0.3) is 75.0 Å². The molecule has 0 aliphatic carbocycles. The first kappa shape index (κ1) is 19.9. The van der Waals surface area contributed by atoms with Crippen LogP contribution in [0.4, 0.5) is 0 Å². The van der Waals surface area contributed by atoms with Gasteiger partial charge in [0.15, 0.2) is 0 Å². The average Bonchev–Trinajstić information content (AvgIpc) is 3.50.